The Morgan fingerprint density at radius 3 is 2.68 bits per heavy atom. The summed E-state index contributed by atoms with van der Waals surface area (Å²) in [5.41, 5.74) is 3.14. The number of aromatic nitrogens is 1. The number of nitrogens with two attached hydrogens (primary N) is 1. The lowest BCUT2D eigenvalue weighted by Gasteiger charge is -2.10. The van der Waals surface area contributed by atoms with Gasteiger partial charge in [0.25, 0.3) is 0 Å². The minimum atomic E-state index is -3.70. The van der Waals surface area contributed by atoms with Crippen LogP contribution in [-0.2, 0) is 16.6 Å². The van der Waals surface area contributed by atoms with Crippen LogP contribution in [-0.4, -0.2) is 13.4 Å². The summed E-state index contributed by atoms with van der Waals surface area (Å²) in [4.78, 5) is 13.3. The van der Waals surface area contributed by atoms with Crippen LogP contribution in [0.4, 0.5) is 5.69 Å². The molecule has 0 saturated heterocycles. The lowest BCUT2D eigenvalue weighted by Crippen LogP contribution is -2.25. The van der Waals surface area contributed by atoms with Crippen molar-refractivity contribution in [3.63, 3.8) is 0 Å². The second-order valence-corrected chi connectivity index (χ2v) is 6.22. The minimum absolute atomic E-state index is 0.0139. The molecular formula is C10H12N4O3S2. The first kappa shape index (κ1) is 13.7. The van der Waals surface area contributed by atoms with E-state index in [2.05, 4.69) is 15.1 Å². The fraction of sp³-hybridized carbons (Fsp3) is 0.100. The molecule has 9 heteroatoms. The normalized spacial score (nSPS) is 11.4. The molecule has 5 N–H and O–H groups in total. The maximum absolute atomic E-state index is 12.1. The fourth-order valence-corrected chi connectivity index (χ4v) is 3.23. The van der Waals surface area contributed by atoms with Crippen molar-refractivity contribution < 1.29 is 8.42 Å². The number of rotatable bonds is 5. The number of H-pyrrole nitrogens is 1. The highest BCUT2D eigenvalue weighted by atomic mass is 32.2. The van der Waals surface area contributed by atoms with Gasteiger partial charge in [-0.2, -0.15) is 0 Å². The molecule has 2 aromatic rings. The predicted octanol–water partition coefficient (Wildman–Crippen LogP) is 0.201. The number of hydrogen-bond acceptors (Lipinski definition) is 6. The Labute approximate surface area is 113 Å². The summed E-state index contributed by atoms with van der Waals surface area (Å²) >= 11 is 0.980. The number of thiazole rings is 1. The van der Waals surface area contributed by atoms with Gasteiger partial charge in [-0.15, -0.1) is 0 Å². The minimum Gasteiger partial charge on any atom is -0.323 e. The number of hydrazine groups is 1. The summed E-state index contributed by atoms with van der Waals surface area (Å²) in [6.07, 6.45) is 0. The average Bonchev–Trinajstić information content (AvgIpc) is 2.82. The number of nitrogens with one attached hydrogen (secondary N) is 3. The van der Waals surface area contributed by atoms with Gasteiger partial charge in [-0.25, -0.2) is 13.1 Å². The fourth-order valence-electron chi connectivity index (χ4n) is 1.47. The molecular weight excluding hydrogens is 288 g/mol. The summed E-state index contributed by atoms with van der Waals surface area (Å²) in [6, 6.07) is 6.27. The molecule has 1 aromatic carbocycles. The lowest BCUT2D eigenvalue weighted by molar-refractivity contribution is 0.581. The summed E-state index contributed by atoms with van der Waals surface area (Å²) in [5.74, 6) is 5.27. The number of hydrogen-bond donors (Lipinski definition) is 4. The molecule has 0 bridgehead atoms. The number of para-hydroxylation sites is 1. The van der Waals surface area contributed by atoms with E-state index in [1.807, 2.05) is 0 Å². The number of sulfonamides is 1. The highest BCUT2D eigenvalue weighted by Crippen LogP contribution is 2.19. The standard InChI is InChI=1S/C10H12N4O3S2/c11-14-8-3-1-2-4-9(8)19(16,17)12-5-7-6-18-10(15)13-7/h1-4,6,12,14H,5,11H2,(H,13,15). The summed E-state index contributed by atoms with van der Waals surface area (Å²) < 4.78 is 26.6. The Bertz CT molecular complexity index is 720. The first-order chi connectivity index (χ1) is 9.03. The Hall–Kier alpha value is -1.68. The van der Waals surface area contributed by atoms with Gasteiger partial charge < -0.3 is 10.4 Å². The molecule has 19 heavy (non-hydrogen) atoms. The van der Waals surface area contributed by atoms with E-state index in [0.29, 0.717) is 11.4 Å². The van der Waals surface area contributed by atoms with Crippen molar-refractivity contribution in [2.75, 3.05) is 5.43 Å². The summed E-state index contributed by atoms with van der Waals surface area (Å²) in [5, 5.41) is 1.57. The molecule has 0 unspecified atom stereocenters. The zero-order valence-corrected chi connectivity index (χ0v) is 11.3. The first-order valence-electron chi connectivity index (χ1n) is 5.25. The first-order valence-corrected chi connectivity index (χ1v) is 7.61. The largest absolute Gasteiger partial charge is 0.323 e. The molecule has 0 radical (unpaired) electrons. The van der Waals surface area contributed by atoms with Gasteiger partial charge in [0.2, 0.25) is 10.0 Å². The molecule has 7 nitrogen and oxygen atoms in total. The van der Waals surface area contributed by atoms with E-state index in [1.54, 1.807) is 23.6 Å². The summed E-state index contributed by atoms with van der Waals surface area (Å²) in [7, 11) is -3.70. The smallest absolute Gasteiger partial charge is 0.304 e. The molecule has 1 aromatic heterocycles. The molecule has 0 amide bonds. The predicted molar refractivity (Wildman–Crippen MR) is 73.2 cm³/mol. The second kappa shape index (κ2) is 5.53. The van der Waals surface area contributed by atoms with Crippen molar-refractivity contribution in [1.29, 1.82) is 0 Å². The number of aromatic amines is 1. The van der Waals surface area contributed by atoms with Gasteiger partial charge in [-0.3, -0.25) is 10.6 Å². The van der Waals surface area contributed by atoms with Crippen LogP contribution < -0.4 is 20.9 Å². The van der Waals surface area contributed by atoms with Crippen molar-refractivity contribution in [2.24, 2.45) is 5.84 Å². The van der Waals surface area contributed by atoms with E-state index < -0.39 is 10.0 Å². The Balaban J connectivity index is 2.20. The molecule has 0 aliphatic rings. The third kappa shape index (κ3) is 3.20. The molecule has 0 atom stereocenters. The molecule has 0 aliphatic heterocycles. The van der Waals surface area contributed by atoms with Crippen LogP contribution >= 0.6 is 11.3 Å². The Kier molecular flexibility index (Phi) is 4.00. The zero-order chi connectivity index (χ0) is 13.9. The number of nitrogen functional groups attached to an aromatic ring is 1. The van der Waals surface area contributed by atoms with E-state index in [9.17, 15) is 13.2 Å². The molecule has 1 heterocycles. The maximum Gasteiger partial charge on any atom is 0.304 e. The van der Waals surface area contributed by atoms with Gasteiger partial charge in [-0.05, 0) is 12.1 Å². The Morgan fingerprint density at radius 2 is 2.05 bits per heavy atom. The Morgan fingerprint density at radius 1 is 1.32 bits per heavy atom. The van der Waals surface area contributed by atoms with E-state index >= 15 is 0 Å². The van der Waals surface area contributed by atoms with Gasteiger partial charge in [-0.1, -0.05) is 23.5 Å². The van der Waals surface area contributed by atoms with Crippen LogP contribution in [0.5, 0.6) is 0 Å². The van der Waals surface area contributed by atoms with E-state index in [0.717, 1.165) is 11.3 Å². The van der Waals surface area contributed by atoms with Crippen molar-refractivity contribution in [3.8, 4) is 0 Å². The third-order valence-electron chi connectivity index (χ3n) is 2.36. The van der Waals surface area contributed by atoms with Gasteiger partial charge >= 0.3 is 4.87 Å². The van der Waals surface area contributed by atoms with E-state index in [1.165, 1.54) is 6.07 Å². The third-order valence-corrected chi connectivity index (χ3v) is 4.53. The molecule has 0 aliphatic carbocycles. The van der Waals surface area contributed by atoms with Crippen LogP contribution in [0, 0.1) is 0 Å². The van der Waals surface area contributed by atoms with Crippen LogP contribution in [0.1, 0.15) is 5.69 Å². The van der Waals surface area contributed by atoms with Crippen molar-refractivity contribution in [3.05, 3.63) is 45.0 Å². The van der Waals surface area contributed by atoms with Gasteiger partial charge in [0.05, 0.1) is 12.2 Å². The van der Waals surface area contributed by atoms with Gasteiger partial charge in [0, 0.05) is 11.1 Å². The van der Waals surface area contributed by atoms with Crippen LogP contribution in [0.3, 0.4) is 0 Å². The van der Waals surface area contributed by atoms with E-state index in [4.69, 9.17) is 5.84 Å². The van der Waals surface area contributed by atoms with Crippen molar-refractivity contribution in [2.45, 2.75) is 11.4 Å². The van der Waals surface area contributed by atoms with Gasteiger partial charge in [0.1, 0.15) is 4.90 Å². The molecule has 0 fully saturated rings. The van der Waals surface area contributed by atoms with Crippen LogP contribution in [0.2, 0.25) is 0 Å². The molecule has 0 saturated carbocycles. The number of anilines is 1. The highest BCUT2D eigenvalue weighted by molar-refractivity contribution is 7.89. The zero-order valence-electron chi connectivity index (χ0n) is 9.71. The van der Waals surface area contributed by atoms with Crippen LogP contribution in [0.15, 0.2) is 39.3 Å². The van der Waals surface area contributed by atoms with Crippen molar-refractivity contribution in [1.82, 2.24) is 9.71 Å². The topological polar surface area (TPSA) is 117 Å². The maximum atomic E-state index is 12.1. The average molecular weight is 300 g/mol. The van der Waals surface area contributed by atoms with Crippen molar-refractivity contribution >= 4 is 27.0 Å². The highest BCUT2D eigenvalue weighted by Gasteiger charge is 2.17. The summed E-state index contributed by atoms with van der Waals surface area (Å²) in [6.45, 7) is 0.0139. The molecule has 0 spiro atoms. The van der Waals surface area contributed by atoms with Gasteiger partial charge in [0.15, 0.2) is 0 Å². The lowest BCUT2D eigenvalue weighted by atomic mass is 10.3. The quantitative estimate of drug-likeness (QED) is 0.465. The molecule has 2 rings (SSSR count). The van der Waals surface area contributed by atoms with Crippen LogP contribution in [0.25, 0.3) is 0 Å². The van der Waals surface area contributed by atoms with E-state index in [-0.39, 0.29) is 16.3 Å². The monoisotopic (exact) mass is 300 g/mol. The molecule has 102 valence electrons. The second-order valence-electron chi connectivity index (χ2n) is 3.64. The number of benzene rings is 1. The SMILES string of the molecule is NNc1ccccc1S(=O)(=O)NCc1csc(=O)[nH]1.